The molecular weight excluding hydrogens is 928 g/mol. The molecule has 0 aliphatic heterocycles. The van der Waals surface area contributed by atoms with Gasteiger partial charge in [0.15, 0.2) is 23.1 Å². The van der Waals surface area contributed by atoms with E-state index < -0.39 is 70.9 Å². The molecule has 61 heavy (non-hydrogen) atoms. The van der Waals surface area contributed by atoms with Crippen LogP contribution in [0.25, 0.3) is 0 Å². The van der Waals surface area contributed by atoms with Crippen LogP contribution in [0.15, 0.2) is 169 Å². The van der Waals surface area contributed by atoms with Crippen LogP contribution in [-0.4, -0.2) is 68.3 Å². The van der Waals surface area contributed by atoms with Gasteiger partial charge in [0.2, 0.25) is 23.0 Å². The van der Waals surface area contributed by atoms with Gasteiger partial charge in [-0.3, -0.25) is 19.2 Å². The van der Waals surface area contributed by atoms with Gasteiger partial charge in [-0.25, -0.2) is 0 Å². The number of allylic oxidation sites excluding steroid dienone is 8. The number of carbonyl (C=O) groups excluding carboxylic acids is 4. The monoisotopic (exact) mass is 954 g/mol. The second-order valence-corrected chi connectivity index (χ2v) is 11.0. The molecule has 0 aromatic heterocycles. The van der Waals surface area contributed by atoms with Crippen molar-refractivity contribution in [2.24, 2.45) is 0 Å². The molecule has 0 heterocycles. The Morgan fingerprint density at radius 1 is 0.311 bits per heavy atom. The summed E-state index contributed by atoms with van der Waals surface area (Å²) >= 11 is 0. The molecule has 0 spiro atoms. The predicted molar refractivity (Wildman–Crippen MR) is 190 cm³/mol. The summed E-state index contributed by atoms with van der Waals surface area (Å²) in [5.74, 6) is -11.1. The number of hydrogen-bond acceptors (Lipinski definition) is 8. The van der Waals surface area contributed by atoms with Gasteiger partial charge in [0.25, 0.3) is 0 Å². The first-order valence-corrected chi connectivity index (χ1v) is 15.9. The molecule has 4 rings (SSSR count). The molecule has 4 N–H and O–H groups in total. The van der Waals surface area contributed by atoms with Crippen molar-refractivity contribution in [1.82, 2.24) is 0 Å². The molecule has 0 amide bonds. The summed E-state index contributed by atoms with van der Waals surface area (Å²) in [4.78, 5) is 44.7. The summed E-state index contributed by atoms with van der Waals surface area (Å²) in [5.41, 5.74) is 0.364. The summed E-state index contributed by atoms with van der Waals surface area (Å²) in [7, 11) is 0. The summed E-state index contributed by atoms with van der Waals surface area (Å²) in [6, 6.07) is 29.6. The number of halogens is 12. The van der Waals surface area contributed by atoms with Gasteiger partial charge in [0.05, 0.1) is 0 Å². The molecule has 8 nitrogen and oxygen atoms in total. The molecule has 21 heteroatoms. The second-order valence-electron chi connectivity index (χ2n) is 11.0. The van der Waals surface area contributed by atoms with E-state index in [1.54, 1.807) is 24.3 Å². The third-order valence-corrected chi connectivity index (χ3v) is 6.47. The van der Waals surface area contributed by atoms with Crippen LogP contribution in [0.2, 0.25) is 0 Å². The average Bonchev–Trinajstić information content (AvgIpc) is 3.18. The predicted octanol–water partition coefficient (Wildman–Crippen LogP) is 11.5. The van der Waals surface area contributed by atoms with Crippen molar-refractivity contribution in [2.45, 2.75) is 24.7 Å². The van der Waals surface area contributed by atoms with Crippen molar-refractivity contribution in [3.8, 4) is 0 Å². The van der Waals surface area contributed by atoms with E-state index in [1.165, 1.54) is 97.1 Å². The van der Waals surface area contributed by atoms with E-state index in [0.717, 1.165) is 0 Å². The fraction of sp³-hybridized carbons (Fsp3) is 0.100. The SMILES string of the molecule is O=C(C=C(O)C(F)(F)F)c1ccccc1.O=C(C=C(O)C(F)(F)F)c1ccccc1.O=C(C=C(O)C(F)(F)F)c1ccccc1.O=C(C=C(O)C(F)(F)F)c1ccccc1.[Zr]. The van der Waals surface area contributed by atoms with E-state index in [0.29, 0.717) is 0 Å². The maximum Gasteiger partial charge on any atom is 0.448 e. The van der Waals surface area contributed by atoms with Crippen molar-refractivity contribution >= 4 is 23.1 Å². The molecule has 0 bridgehead atoms. The zero-order chi connectivity index (χ0) is 45.9. The third-order valence-electron chi connectivity index (χ3n) is 6.47. The van der Waals surface area contributed by atoms with Crippen LogP contribution in [-0.2, 0) is 26.2 Å². The van der Waals surface area contributed by atoms with E-state index in [1.807, 2.05) is 0 Å². The average molecular weight is 956 g/mol. The van der Waals surface area contributed by atoms with Crippen LogP contribution in [0.3, 0.4) is 0 Å². The van der Waals surface area contributed by atoms with Crippen molar-refractivity contribution in [3.63, 3.8) is 0 Å². The zero-order valence-corrected chi connectivity index (χ0v) is 32.8. The third kappa shape index (κ3) is 21.5. The van der Waals surface area contributed by atoms with E-state index >= 15 is 0 Å². The number of aliphatic hydroxyl groups excluding tert-OH is 4. The Kier molecular flexibility index (Phi) is 22.2. The standard InChI is InChI=1S/4C10H7F3O2.Zr/c4*11-10(12,13)9(15)6-8(14)7-4-2-1-3-5-7;/h4*1-6,15H;. The second kappa shape index (κ2) is 24.8. The number of hydrogen-bond donors (Lipinski definition) is 4. The molecule has 0 unspecified atom stereocenters. The Morgan fingerprint density at radius 3 is 0.557 bits per heavy atom. The molecule has 0 saturated carbocycles. The van der Waals surface area contributed by atoms with E-state index in [4.69, 9.17) is 20.4 Å². The fourth-order valence-electron chi connectivity index (χ4n) is 3.57. The maximum atomic E-state index is 11.9. The van der Waals surface area contributed by atoms with Gasteiger partial charge < -0.3 is 20.4 Å². The molecule has 4 aromatic rings. The minimum absolute atomic E-state index is 0. The smallest absolute Gasteiger partial charge is 0.448 e. The Balaban J connectivity index is 0.000000783. The summed E-state index contributed by atoms with van der Waals surface area (Å²) in [5, 5.41) is 34.1. The zero-order valence-electron chi connectivity index (χ0n) is 30.3. The minimum atomic E-state index is -4.88. The van der Waals surface area contributed by atoms with Crippen molar-refractivity contribution in [2.75, 3.05) is 0 Å². The van der Waals surface area contributed by atoms with Gasteiger partial charge >= 0.3 is 24.7 Å². The first-order valence-electron chi connectivity index (χ1n) is 15.9. The van der Waals surface area contributed by atoms with Crippen LogP contribution < -0.4 is 0 Å². The normalized spacial score (nSPS) is 12.4. The Labute approximate surface area is 356 Å². The number of rotatable bonds is 8. The number of ketones is 4. The minimum Gasteiger partial charge on any atom is -0.504 e. The molecule has 324 valence electrons. The number of alkyl halides is 12. The molecule has 0 saturated heterocycles. The molecule has 0 atom stereocenters. The van der Waals surface area contributed by atoms with Crippen LogP contribution >= 0.6 is 0 Å². The van der Waals surface area contributed by atoms with Crippen molar-refractivity contribution in [1.29, 1.82) is 0 Å². The Hall–Kier alpha value is -6.24. The Morgan fingerprint density at radius 2 is 0.443 bits per heavy atom. The Bertz CT molecular complexity index is 1830. The van der Waals surface area contributed by atoms with Crippen LogP contribution in [0.4, 0.5) is 52.7 Å². The molecule has 0 aliphatic rings. The largest absolute Gasteiger partial charge is 0.504 e. The number of benzene rings is 4. The maximum absolute atomic E-state index is 11.9. The summed E-state index contributed by atoms with van der Waals surface area (Å²) < 4.78 is 142. The van der Waals surface area contributed by atoms with E-state index in [9.17, 15) is 71.9 Å². The fourth-order valence-corrected chi connectivity index (χ4v) is 3.57. The van der Waals surface area contributed by atoms with Crippen molar-refractivity contribution in [3.05, 3.63) is 191 Å². The first kappa shape index (κ1) is 54.8. The molecule has 4 aromatic carbocycles. The molecule has 0 aliphatic carbocycles. The quantitative estimate of drug-likeness (QED) is 0.0590. The van der Waals surface area contributed by atoms with Gasteiger partial charge in [-0.1, -0.05) is 121 Å². The summed E-state index contributed by atoms with van der Waals surface area (Å²) in [6.07, 6.45) is -18.9. The van der Waals surface area contributed by atoms with Gasteiger partial charge in [0.1, 0.15) is 0 Å². The van der Waals surface area contributed by atoms with E-state index in [-0.39, 0.29) is 72.8 Å². The molecule has 0 fully saturated rings. The van der Waals surface area contributed by atoms with Crippen LogP contribution in [0, 0.1) is 0 Å². The summed E-state index contributed by atoms with van der Waals surface area (Å²) in [6.45, 7) is 0. The molecular formula is C40H28F12O8Zr. The number of aliphatic hydroxyl groups is 4. The van der Waals surface area contributed by atoms with Gasteiger partial charge in [-0.2, -0.15) is 52.7 Å². The van der Waals surface area contributed by atoms with Gasteiger partial charge in [0, 0.05) is 72.8 Å². The van der Waals surface area contributed by atoms with Gasteiger partial charge in [-0.05, 0) is 0 Å². The van der Waals surface area contributed by atoms with Crippen LogP contribution in [0.5, 0.6) is 0 Å². The topological polar surface area (TPSA) is 149 Å². The number of carbonyl (C=O) groups is 4. The first-order chi connectivity index (χ1) is 27.6. The van der Waals surface area contributed by atoms with E-state index in [2.05, 4.69) is 0 Å². The molecule has 0 radical (unpaired) electrons. The van der Waals surface area contributed by atoms with Gasteiger partial charge in [-0.15, -0.1) is 0 Å². The van der Waals surface area contributed by atoms with Crippen molar-refractivity contribution < 1.29 is 118 Å². The van der Waals surface area contributed by atoms with Crippen LogP contribution in [0.1, 0.15) is 41.4 Å².